The van der Waals surface area contributed by atoms with Gasteiger partial charge in [-0.15, -0.1) is 0 Å². The first-order valence-electron chi connectivity index (χ1n) is 4.05. The van der Waals surface area contributed by atoms with Gasteiger partial charge in [0.25, 0.3) is 0 Å². The fraction of sp³-hybridized carbons (Fsp3) is 0.875. The smallest absolute Gasteiger partial charge is 0.217 e. The Morgan fingerprint density at radius 2 is 2.00 bits per heavy atom. The molecule has 0 saturated carbocycles. The quantitative estimate of drug-likeness (QED) is 0.620. The maximum absolute atomic E-state index is 10.4. The van der Waals surface area contributed by atoms with E-state index in [2.05, 4.69) is 6.92 Å². The SMILES string of the molecule is CCCC(C)(N)CCC(N)=O. The molecule has 0 bridgehead atoms. The molecule has 1 atom stereocenters. The minimum absolute atomic E-state index is 0.218. The zero-order chi connectivity index (χ0) is 8.91. The van der Waals surface area contributed by atoms with Crippen molar-refractivity contribution in [2.75, 3.05) is 0 Å². The molecule has 0 aromatic carbocycles. The lowest BCUT2D eigenvalue weighted by atomic mass is 9.92. The molecule has 0 radical (unpaired) electrons. The van der Waals surface area contributed by atoms with Crippen LogP contribution in [0.4, 0.5) is 0 Å². The summed E-state index contributed by atoms with van der Waals surface area (Å²) in [5, 5.41) is 0. The molecular weight excluding hydrogens is 140 g/mol. The summed E-state index contributed by atoms with van der Waals surface area (Å²) in [5.41, 5.74) is 10.7. The Labute approximate surface area is 68.1 Å². The number of nitrogens with two attached hydrogens (primary N) is 2. The molecule has 1 amide bonds. The Kier molecular flexibility index (Phi) is 4.11. The maximum atomic E-state index is 10.4. The molecule has 0 aliphatic heterocycles. The summed E-state index contributed by atoms with van der Waals surface area (Å²) in [6, 6.07) is 0. The van der Waals surface area contributed by atoms with E-state index in [-0.39, 0.29) is 11.4 Å². The van der Waals surface area contributed by atoms with Gasteiger partial charge >= 0.3 is 0 Å². The highest BCUT2D eigenvalue weighted by atomic mass is 16.1. The maximum Gasteiger partial charge on any atom is 0.217 e. The summed E-state index contributed by atoms with van der Waals surface area (Å²) in [5.74, 6) is -0.266. The van der Waals surface area contributed by atoms with E-state index in [9.17, 15) is 4.79 Å². The summed E-state index contributed by atoms with van der Waals surface area (Å²) < 4.78 is 0. The van der Waals surface area contributed by atoms with Gasteiger partial charge in [-0.1, -0.05) is 13.3 Å². The summed E-state index contributed by atoms with van der Waals surface area (Å²) >= 11 is 0. The summed E-state index contributed by atoms with van der Waals surface area (Å²) in [6.45, 7) is 4.04. The van der Waals surface area contributed by atoms with Crippen LogP contribution in [0, 0.1) is 0 Å². The van der Waals surface area contributed by atoms with Gasteiger partial charge in [-0.2, -0.15) is 0 Å². The van der Waals surface area contributed by atoms with E-state index in [0.717, 1.165) is 12.8 Å². The van der Waals surface area contributed by atoms with E-state index in [1.165, 1.54) is 0 Å². The van der Waals surface area contributed by atoms with Crippen molar-refractivity contribution in [3.63, 3.8) is 0 Å². The number of hydrogen-bond donors (Lipinski definition) is 2. The molecule has 4 N–H and O–H groups in total. The van der Waals surface area contributed by atoms with E-state index in [1.807, 2.05) is 6.92 Å². The first kappa shape index (κ1) is 10.4. The molecule has 0 aromatic heterocycles. The van der Waals surface area contributed by atoms with Crippen molar-refractivity contribution >= 4 is 5.91 Å². The minimum atomic E-state index is -0.266. The van der Waals surface area contributed by atoms with Gasteiger partial charge < -0.3 is 11.5 Å². The fourth-order valence-electron chi connectivity index (χ4n) is 1.10. The number of hydrogen-bond acceptors (Lipinski definition) is 2. The zero-order valence-electron chi connectivity index (χ0n) is 7.39. The molecule has 11 heavy (non-hydrogen) atoms. The molecule has 0 fully saturated rings. The summed E-state index contributed by atoms with van der Waals surface area (Å²) in [6.07, 6.45) is 3.08. The molecular formula is C8H18N2O. The monoisotopic (exact) mass is 158 g/mol. The van der Waals surface area contributed by atoms with Crippen LogP contribution in [0.1, 0.15) is 39.5 Å². The van der Waals surface area contributed by atoms with Crippen LogP contribution in [0.2, 0.25) is 0 Å². The third kappa shape index (κ3) is 5.85. The highest BCUT2D eigenvalue weighted by Gasteiger charge is 2.17. The molecule has 66 valence electrons. The lowest BCUT2D eigenvalue weighted by Gasteiger charge is -2.22. The van der Waals surface area contributed by atoms with Gasteiger partial charge in [0, 0.05) is 12.0 Å². The third-order valence-electron chi connectivity index (χ3n) is 1.76. The van der Waals surface area contributed by atoms with Crippen molar-refractivity contribution < 1.29 is 4.79 Å². The van der Waals surface area contributed by atoms with Crippen LogP contribution in [-0.2, 0) is 4.79 Å². The van der Waals surface area contributed by atoms with Crippen molar-refractivity contribution in [1.82, 2.24) is 0 Å². The molecule has 0 saturated heterocycles. The predicted octanol–water partition coefficient (Wildman–Crippen LogP) is 0.769. The zero-order valence-corrected chi connectivity index (χ0v) is 7.39. The highest BCUT2D eigenvalue weighted by molar-refractivity contribution is 5.73. The Bertz CT molecular complexity index is 132. The van der Waals surface area contributed by atoms with E-state index in [4.69, 9.17) is 11.5 Å². The van der Waals surface area contributed by atoms with E-state index >= 15 is 0 Å². The van der Waals surface area contributed by atoms with Crippen molar-refractivity contribution in [2.24, 2.45) is 11.5 Å². The topological polar surface area (TPSA) is 69.1 Å². The van der Waals surface area contributed by atoms with Crippen LogP contribution in [0.25, 0.3) is 0 Å². The second-order valence-corrected chi connectivity index (χ2v) is 3.37. The molecule has 3 nitrogen and oxygen atoms in total. The van der Waals surface area contributed by atoms with Gasteiger partial charge in [0.15, 0.2) is 0 Å². The number of primary amides is 1. The molecule has 0 rings (SSSR count). The van der Waals surface area contributed by atoms with Crippen LogP contribution in [0.3, 0.4) is 0 Å². The largest absolute Gasteiger partial charge is 0.370 e. The normalized spacial score (nSPS) is 15.9. The summed E-state index contributed by atoms with van der Waals surface area (Å²) in [7, 11) is 0. The second kappa shape index (κ2) is 4.34. The number of rotatable bonds is 5. The van der Waals surface area contributed by atoms with Crippen LogP contribution in [-0.4, -0.2) is 11.4 Å². The summed E-state index contributed by atoms with van der Waals surface area (Å²) in [4.78, 5) is 10.4. The van der Waals surface area contributed by atoms with Crippen LogP contribution in [0.5, 0.6) is 0 Å². The van der Waals surface area contributed by atoms with Crippen LogP contribution in [0.15, 0.2) is 0 Å². The molecule has 0 spiro atoms. The Morgan fingerprint density at radius 1 is 1.45 bits per heavy atom. The lowest BCUT2D eigenvalue weighted by molar-refractivity contribution is -0.118. The van der Waals surface area contributed by atoms with Gasteiger partial charge in [0.1, 0.15) is 0 Å². The van der Waals surface area contributed by atoms with E-state index < -0.39 is 0 Å². The predicted molar refractivity (Wildman–Crippen MR) is 45.9 cm³/mol. The molecule has 0 aliphatic carbocycles. The third-order valence-corrected chi connectivity index (χ3v) is 1.76. The van der Waals surface area contributed by atoms with E-state index in [1.54, 1.807) is 0 Å². The van der Waals surface area contributed by atoms with Crippen molar-refractivity contribution in [1.29, 1.82) is 0 Å². The molecule has 0 heterocycles. The number of carbonyl (C=O) groups excluding carboxylic acids is 1. The number of carbonyl (C=O) groups is 1. The van der Waals surface area contributed by atoms with Gasteiger partial charge in [0.2, 0.25) is 5.91 Å². The Hall–Kier alpha value is -0.570. The Balaban J connectivity index is 3.63. The highest BCUT2D eigenvalue weighted by Crippen LogP contribution is 2.14. The van der Waals surface area contributed by atoms with Gasteiger partial charge in [-0.25, -0.2) is 0 Å². The molecule has 1 unspecified atom stereocenters. The average Bonchev–Trinajstić information content (AvgIpc) is 1.84. The molecule has 3 heteroatoms. The molecule has 0 aromatic rings. The fourth-order valence-corrected chi connectivity index (χ4v) is 1.10. The number of amides is 1. The molecule has 0 aliphatic rings. The van der Waals surface area contributed by atoms with Crippen LogP contribution >= 0.6 is 0 Å². The second-order valence-electron chi connectivity index (χ2n) is 3.37. The van der Waals surface area contributed by atoms with Crippen molar-refractivity contribution in [3.05, 3.63) is 0 Å². The average molecular weight is 158 g/mol. The first-order valence-corrected chi connectivity index (χ1v) is 4.05. The van der Waals surface area contributed by atoms with Gasteiger partial charge in [-0.05, 0) is 19.8 Å². The standard InChI is InChI=1S/C8H18N2O/c1-3-5-8(2,10)6-4-7(9)11/h3-6,10H2,1-2H3,(H2,9,11). The van der Waals surface area contributed by atoms with E-state index in [0.29, 0.717) is 12.8 Å². The lowest BCUT2D eigenvalue weighted by Crippen LogP contribution is -2.36. The van der Waals surface area contributed by atoms with Gasteiger partial charge in [-0.3, -0.25) is 4.79 Å². The van der Waals surface area contributed by atoms with Crippen LogP contribution < -0.4 is 11.5 Å². The minimum Gasteiger partial charge on any atom is -0.370 e. The van der Waals surface area contributed by atoms with Crippen molar-refractivity contribution in [3.8, 4) is 0 Å². The first-order chi connectivity index (χ1) is 4.98. The van der Waals surface area contributed by atoms with Crippen molar-refractivity contribution in [2.45, 2.75) is 45.1 Å². The van der Waals surface area contributed by atoms with Gasteiger partial charge in [0.05, 0.1) is 0 Å². The Morgan fingerprint density at radius 3 is 2.36 bits per heavy atom.